The van der Waals surface area contributed by atoms with Crippen molar-refractivity contribution >= 4 is 40.1 Å². The summed E-state index contributed by atoms with van der Waals surface area (Å²) in [6.07, 6.45) is 0.124. The highest BCUT2D eigenvalue weighted by atomic mass is 35.5. The minimum Gasteiger partial charge on any atom is -0.478 e. The van der Waals surface area contributed by atoms with Crippen LogP contribution in [0.3, 0.4) is 0 Å². The predicted molar refractivity (Wildman–Crippen MR) is 98.5 cm³/mol. The Morgan fingerprint density at radius 3 is 2.64 bits per heavy atom. The minimum atomic E-state index is -1.08. The summed E-state index contributed by atoms with van der Waals surface area (Å²) in [6.45, 7) is 3.74. The average molecular weight is 357 g/mol. The maximum atomic E-state index is 12.5. The second-order valence-electron chi connectivity index (χ2n) is 6.00. The number of carboxylic acid groups (broad SMARTS) is 1. The van der Waals surface area contributed by atoms with Gasteiger partial charge in [0.15, 0.2) is 0 Å². The van der Waals surface area contributed by atoms with E-state index in [0.29, 0.717) is 10.7 Å². The third-order valence-electron chi connectivity index (χ3n) is 4.10. The molecule has 128 valence electrons. The molecule has 2 aromatic carbocycles. The monoisotopic (exact) mass is 356 g/mol. The second kappa shape index (κ2) is 6.61. The van der Waals surface area contributed by atoms with E-state index in [-0.39, 0.29) is 17.9 Å². The molecule has 1 aromatic heterocycles. The lowest BCUT2D eigenvalue weighted by Gasteiger charge is -2.10. The molecule has 0 unspecified atom stereocenters. The highest BCUT2D eigenvalue weighted by Crippen LogP contribution is 2.26. The van der Waals surface area contributed by atoms with Gasteiger partial charge in [0.25, 0.3) is 0 Å². The first-order valence-corrected chi connectivity index (χ1v) is 8.13. The van der Waals surface area contributed by atoms with E-state index in [1.54, 1.807) is 18.2 Å². The van der Waals surface area contributed by atoms with Crippen LogP contribution in [0.25, 0.3) is 10.9 Å². The number of aromatic nitrogens is 1. The van der Waals surface area contributed by atoms with Crippen LogP contribution in [-0.2, 0) is 11.2 Å². The van der Waals surface area contributed by atoms with E-state index in [4.69, 9.17) is 11.6 Å². The number of benzene rings is 2. The molecule has 0 aliphatic rings. The van der Waals surface area contributed by atoms with Gasteiger partial charge in [0.2, 0.25) is 5.91 Å². The Balaban J connectivity index is 1.89. The Bertz CT molecular complexity index is 992. The zero-order valence-corrected chi connectivity index (χ0v) is 14.6. The van der Waals surface area contributed by atoms with Crippen molar-refractivity contribution in [1.82, 2.24) is 4.98 Å². The van der Waals surface area contributed by atoms with Gasteiger partial charge in [0, 0.05) is 21.6 Å². The molecule has 0 saturated carbocycles. The lowest BCUT2D eigenvalue weighted by molar-refractivity contribution is -0.115. The van der Waals surface area contributed by atoms with E-state index in [2.05, 4.69) is 10.3 Å². The Labute approximate surface area is 149 Å². The van der Waals surface area contributed by atoms with Crippen LogP contribution >= 0.6 is 11.6 Å². The molecule has 3 N–H and O–H groups in total. The van der Waals surface area contributed by atoms with Gasteiger partial charge in [-0.05, 0) is 55.3 Å². The Morgan fingerprint density at radius 2 is 1.92 bits per heavy atom. The van der Waals surface area contributed by atoms with Crippen molar-refractivity contribution in [1.29, 1.82) is 0 Å². The molecule has 25 heavy (non-hydrogen) atoms. The Kier molecular flexibility index (Phi) is 4.51. The quantitative estimate of drug-likeness (QED) is 0.651. The van der Waals surface area contributed by atoms with E-state index in [1.807, 2.05) is 26.0 Å². The fraction of sp³-hybridized carbons (Fsp3) is 0.158. The smallest absolute Gasteiger partial charge is 0.337 e. The molecule has 3 aromatic rings. The number of aryl methyl sites for hydroxylation is 2. The summed E-state index contributed by atoms with van der Waals surface area (Å²) in [5.41, 5.74) is 3.88. The number of H-pyrrole nitrogens is 1. The Hall–Kier alpha value is -2.79. The first kappa shape index (κ1) is 17.0. The molecule has 0 radical (unpaired) electrons. The number of anilines is 1. The molecule has 0 spiro atoms. The maximum Gasteiger partial charge on any atom is 0.337 e. The van der Waals surface area contributed by atoms with Crippen molar-refractivity contribution in [2.75, 3.05) is 5.32 Å². The lowest BCUT2D eigenvalue weighted by atomic mass is 10.1. The van der Waals surface area contributed by atoms with Crippen molar-refractivity contribution in [2.24, 2.45) is 0 Å². The zero-order chi connectivity index (χ0) is 18.1. The van der Waals surface area contributed by atoms with Gasteiger partial charge in [-0.3, -0.25) is 4.79 Å². The highest BCUT2D eigenvalue weighted by molar-refractivity contribution is 6.31. The van der Waals surface area contributed by atoms with Crippen molar-refractivity contribution in [3.8, 4) is 0 Å². The molecule has 5 nitrogen and oxygen atoms in total. The van der Waals surface area contributed by atoms with E-state index < -0.39 is 5.97 Å². The average Bonchev–Trinajstić information content (AvgIpc) is 2.82. The number of nitrogens with one attached hydrogen (secondary N) is 2. The van der Waals surface area contributed by atoms with Crippen LogP contribution in [0.15, 0.2) is 36.4 Å². The van der Waals surface area contributed by atoms with Gasteiger partial charge in [0.1, 0.15) is 0 Å². The number of carboxylic acids is 1. The first-order chi connectivity index (χ1) is 11.8. The van der Waals surface area contributed by atoms with Gasteiger partial charge in [-0.2, -0.15) is 0 Å². The SMILES string of the molecule is Cc1ccc(C(=O)O)c(NC(=O)Cc2c(C)[nH]c3ccc(Cl)cc23)c1. The van der Waals surface area contributed by atoms with E-state index in [9.17, 15) is 14.7 Å². The molecule has 1 amide bonds. The molecule has 0 fully saturated rings. The highest BCUT2D eigenvalue weighted by Gasteiger charge is 2.16. The number of hydrogen-bond acceptors (Lipinski definition) is 2. The second-order valence-corrected chi connectivity index (χ2v) is 6.43. The number of aromatic amines is 1. The van der Waals surface area contributed by atoms with Crippen molar-refractivity contribution in [3.63, 3.8) is 0 Å². The summed E-state index contributed by atoms with van der Waals surface area (Å²) >= 11 is 6.06. The number of aromatic carboxylic acids is 1. The maximum absolute atomic E-state index is 12.5. The molecular formula is C19H17ClN2O3. The van der Waals surface area contributed by atoms with Crippen molar-refractivity contribution < 1.29 is 14.7 Å². The number of carbonyl (C=O) groups is 2. The molecule has 0 bridgehead atoms. The van der Waals surface area contributed by atoms with Gasteiger partial charge >= 0.3 is 5.97 Å². The lowest BCUT2D eigenvalue weighted by Crippen LogP contribution is -2.17. The topological polar surface area (TPSA) is 82.2 Å². The number of fused-ring (bicyclic) bond motifs is 1. The van der Waals surface area contributed by atoms with Gasteiger partial charge in [-0.1, -0.05) is 17.7 Å². The van der Waals surface area contributed by atoms with Crippen LogP contribution in [-0.4, -0.2) is 22.0 Å². The summed E-state index contributed by atoms with van der Waals surface area (Å²) < 4.78 is 0. The molecule has 0 aliphatic heterocycles. The predicted octanol–water partition coefficient (Wildman–Crippen LogP) is 4.32. The first-order valence-electron chi connectivity index (χ1n) is 7.75. The molecule has 0 saturated heterocycles. The molecule has 0 atom stereocenters. The van der Waals surface area contributed by atoms with Crippen LogP contribution in [0.5, 0.6) is 0 Å². The van der Waals surface area contributed by atoms with Crippen LogP contribution in [0.4, 0.5) is 5.69 Å². The third kappa shape index (κ3) is 3.51. The molecule has 0 aliphatic carbocycles. The van der Waals surface area contributed by atoms with Crippen LogP contribution < -0.4 is 5.32 Å². The fourth-order valence-electron chi connectivity index (χ4n) is 2.89. The molecular weight excluding hydrogens is 340 g/mol. The zero-order valence-electron chi connectivity index (χ0n) is 13.8. The minimum absolute atomic E-state index is 0.0673. The van der Waals surface area contributed by atoms with Gasteiger partial charge in [0.05, 0.1) is 17.7 Å². The summed E-state index contributed by atoms with van der Waals surface area (Å²) in [7, 11) is 0. The largest absolute Gasteiger partial charge is 0.478 e. The summed E-state index contributed by atoms with van der Waals surface area (Å²) in [5, 5.41) is 13.5. The fourth-order valence-corrected chi connectivity index (χ4v) is 3.06. The number of carbonyl (C=O) groups excluding carboxylic acids is 1. The van der Waals surface area contributed by atoms with Crippen LogP contribution in [0.2, 0.25) is 5.02 Å². The number of amides is 1. The number of hydrogen-bond donors (Lipinski definition) is 3. The van der Waals surface area contributed by atoms with Crippen LogP contribution in [0.1, 0.15) is 27.2 Å². The van der Waals surface area contributed by atoms with Gasteiger partial charge in [-0.25, -0.2) is 4.79 Å². The Morgan fingerprint density at radius 1 is 1.16 bits per heavy atom. The van der Waals surface area contributed by atoms with E-state index >= 15 is 0 Å². The van der Waals surface area contributed by atoms with Crippen molar-refractivity contribution in [2.45, 2.75) is 20.3 Å². The third-order valence-corrected chi connectivity index (χ3v) is 4.33. The number of halogens is 1. The number of rotatable bonds is 4. The molecule has 3 rings (SSSR count). The summed E-state index contributed by atoms with van der Waals surface area (Å²) in [5.74, 6) is -1.36. The molecule has 6 heteroatoms. The van der Waals surface area contributed by atoms with Gasteiger partial charge in [-0.15, -0.1) is 0 Å². The molecule has 1 heterocycles. The van der Waals surface area contributed by atoms with Crippen molar-refractivity contribution in [3.05, 3.63) is 63.8 Å². The van der Waals surface area contributed by atoms with E-state index in [0.717, 1.165) is 27.7 Å². The summed E-state index contributed by atoms with van der Waals surface area (Å²) in [6, 6.07) is 10.3. The normalized spacial score (nSPS) is 10.8. The van der Waals surface area contributed by atoms with Crippen LogP contribution in [0, 0.1) is 13.8 Å². The summed E-state index contributed by atoms with van der Waals surface area (Å²) in [4.78, 5) is 27.1. The van der Waals surface area contributed by atoms with Gasteiger partial charge < -0.3 is 15.4 Å². The standard InChI is InChI=1S/C19H17ClN2O3/c1-10-3-5-13(19(24)25)17(7-10)22-18(23)9-14-11(2)21-16-6-4-12(20)8-15(14)16/h3-8,21H,9H2,1-2H3,(H,22,23)(H,24,25). The van der Waals surface area contributed by atoms with E-state index in [1.165, 1.54) is 6.07 Å².